The van der Waals surface area contributed by atoms with Gasteiger partial charge in [0, 0.05) is 17.5 Å². The van der Waals surface area contributed by atoms with Crippen LogP contribution in [-0.4, -0.2) is 39.4 Å². The summed E-state index contributed by atoms with van der Waals surface area (Å²) in [5, 5.41) is 2.63. The Morgan fingerprint density at radius 1 is 1.18 bits per heavy atom. The predicted octanol–water partition coefficient (Wildman–Crippen LogP) is 3.29. The molecule has 1 heterocycles. The first-order valence-electron chi connectivity index (χ1n) is 8.80. The molecule has 0 spiro atoms. The number of carbonyl (C=O) groups excluding carboxylic acids is 3. The van der Waals surface area contributed by atoms with E-state index >= 15 is 0 Å². The van der Waals surface area contributed by atoms with Gasteiger partial charge in [-0.05, 0) is 32.3 Å². The number of hydrogen-bond acceptors (Lipinski definition) is 7. The second-order valence-corrected chi connectivity index (χ2v) is 6.39. The van der Waals surface area contributed by atoms with Crippen LogP contribution in [-0.2, 0) is 32.0 Å². The SMILES string of the molecule is COC(=O)CCC(C)=CCc1c(NC(=O)OC)c2c(c(C)c1OC)COC2=O. The van der Waals surface area contributed by atoms with Gasteiger partial charge in [-0.15, -0.1) is 0 Å². The van der Waals surface area contributed by atoms with Crippen molar-refractivity contribution >= 4 is 23.7 Å². The molecule has 0 atom stereocenters. The van der Waals surface area contributed by atoms with Crippen LogP contribution in [0.15, 0.2) is 11.6 Å². The first-order chi connectivity index (χ1) is 13.3. The van der Waals surface area contributed by atoms with Crippen LogP contribution in [0, 0.1) is 6.92 Å². The number of esters is 2. The summed E-state index contributed by atoms with van der Waals surface area (Å²) in [5.41, 5.74) is 3.72. The standard InChI is InChI=1S/C20H25NO7/c1-11(7-9-15(22)25-3)6-8-13-17(21-20(24)27-5)16-14(10-28-19(16)23)12(2)18(13)26-4/h6H,7-10H2,1-5H3,(H,21,24). The molecule has 0 saturated carbocycles. The van der Waals surface area contributed by atoms with E-state index in [-0.39, 0.29) is 19.0 Å². The number of nitrogens with one attached hydrogen (secondary N) is 1. The van der Waals surface area contributed by atoms with Gasteiger partial charge in [-0.3, -0.25) is 10.1 Å². The molecule has 0 aliphatic carbocycles. The Kier molecular flexibility index (Phi) is 7.03. The zero-order valence-corrected chi connectivity index (χ0v) is 16.8. The maximum atomic E-state index is 12.3. The van der Waals surface area contributed by atoms with Crippen molar-refractivity contribution in [2.45, 2.75) is 39.7 Å². The lowest BCUT2D eigenvalue weighted by atomic mass is 9.93. The molecule has 1 aliphatic rings. The van der Waals surface area contributed by atoms with E-state index in [1.54, 1.807) is 0 Å². The molecule has 8 nitrogen and oxygen atoms in total. The highest BCUT2D eigenvalue weighted by molar-refractivity contribution is 6.04. The lowest BCUT2D eigenvalue weighted by Gasteiger charge is -2.19. The number of ether oxygens (including phenoxy) is 4. The Bertz CT molecular complexity index is 827. The lowest BCUT2D eigenvalue weighted by Crippen LogP contribution is -2.17. The fraction of sp³-hybridized carbons (Fsp3) is 0.450. The molecule has 1 amide bonds. The number of allylic oxidation sites excluding steroid dienone is 2. The Hall–Kier alpha value is -3.03. The number of benzene rings is 1. The third-order valence-corrected chi connectivity index (χ3v) is 4.69. The average molecular weight is 391 g/mol. The van der Waals surface area contributed by atoms with Gasteiger partial charge in [-0.25, -0.2) is 9.59 Å². The molecule has 0 unspecified atom stereocenters. The molecule has 0 fully saturated rings. The Morgan fingerprint density at radius 3 is 2.50 bits per heavy atom. The van der Waals surface area contributed by atoms with Crippen LogP contribution in [0.3, 0.4) is 0 Å². The smallest absolute Gasteiger partial charge is 0.411 e. The highest BCUT2D eigenvalue weighted by Crippen LogP contribution is 2.41. The van der Waals surface area contributed by atoms with Gasteiger partial charge < -0.3 is 18.9 Å². The average Bonchev–Trinajstić information content (AvgIpc) is 3.08. The largest absolute Gasteiger partial charge is 0.496 e. The second-order valence-electron chi connectivity index (χ2n) is 6.39. The van der Waals surface area contributed by atoms with E-state index in [1.807, 2.05) is 19.9 Å². The minimum absolute atomic E-state index is 0.125. The van der Waals surface area contributed by atoms with Crippen molar-refractivity contribution in [2.75, 3.05) is 26.6 Å². The summed E-state index contributed by atoms with van der Waals surface area (Å²) in [4.78, 5) is 35.5. The Labute approximate surface area is 163 Å². The van der Waals surface area contributed by atoms with Crippen molar-refractivity contribution in [1.29, 1.82) is 0 Å². The molecular weight excluding hydrogens is 366 g/mol. The normalized spacial score (nSPS) is 12.9. The van der Waals surface area contributed by atoms with Crippen LogP contribution >= 0.6 is 0 Å². The number of amides is 1. The van der Waals surface area contributed by atoms with Crippen LogP contribution in [0.1, 0.15) is 46.8 Å². The number of anilines is 1. The van der Waals surface area contributed by atoms with Gasteiger partial charge in [-0.2, -0.15) is 0 Å². The molecule has 2 rings (SSSR count). The van der Waals surface area contributed by atoms with Crippen molar-refractivity contribution in [2.24, 2.45) is 0 Å². The molecule has 152 valence electrons. The Morgan fingerprint density at radius 2 is 1.89 bits per heavy atom. The van der Waals surface area contributed by atoms with Crippen LogP contribution in [0.2, 0.25) is 0 Å². The number of cyclic esters (lactones) is 1. The molecule has 1 N–H and O–H groups in total. The maximum absolute atomic E-state index is 12.3. The summed E-state index contributed by atoms with van der Waals surface area (Å²) in [6.45, 7) is 3.87. The highest BCUT2D eigenvalue weighted by atomic mass is 16.5. The minimum atomic E-state index is -0.694. The van der Waals surface area contributed by atoms with Crippen molar-refractivity contribution in [1.82, 2.24) is 0 Å². The molecule has 1 aromatic carbocycles. The van der Waals surface area contributed by atoms with E-state index in [0.717, 1.165) is 11.1 Å². The molecule has 0 radical (unpaired) electrons. The number of carbonyl (C=O) groups is 3. The minimum Gasteiger partial charge on any atom is -0.496 e. The maximum Gasteiger partial charge on any atom is 0.411 e. The second kappa shape index (κ2) is 9.25. The predicted molar refractivity (Wildman–Crippen MR) is 102 cm³/mol. The van der Waals surface area contributed by atoms with Gasteiger partial charge in [0.1, 0.15) is 12.4 Å². The highest BCUT2D eigenvalue weighted by Gasteiger charge is 2.32. The van der Waals surface area contributed by atoms with E-state index in [2.05, 4.69) is 10.1 Å². The van der Waals surface area contributed by atoms with Crippen LogP contribution in [0.5, 0.6) is 5.75 Å². The molecule has 0 bridgehead atoms. The molecule has 0 aromatic heterocycles. The third-order valence-electron chi connectivity index (χ3n) is 4.69. The molecule has 0 saturated heterocycles. The molecule has 1 aliphatic heterocycles. The van der Waals surface area contributed by atoms with E-state index in [0.29, 0.717) is 41.0 Å². The lowest BCUT2D eigenvalue weighted by molar-refractivity contribution is -0.140. The van der Waals surface area contributed by atoms with E-state index in [9.17, 15) is 14.4 Å². The van der Waals surface area contributed by atoms with Gasteiger partial charge in [0.15, 0.2) is 0 Å². The van der Waals surface area contributed by atoms with E-state index in [4.69, 9.17) is 14.2 Å². The number of methoxy groups -OCH3 is 3. The molecule has 8 heteroatoms. The number of hydrogen-bond donors (Lipinski definition) is 1. The number of rotatable bonds is 7. The summed E-state index contributed by atoms with van der Waals surface area (Å²) in [6.07, 6.45) is 2.44. The molecule has 1 aromatic rings. The summed E-state index contributed by atoms with van der Waals surface area (Å²) in [6, 6.07) is 0. The molecular formula is C20H25NO7. The summed E-state index contributed by atoms with van der Waals surface area (Å²) in [7, 11) is 4.13. The van der Waals surface area contributed by atoms with Crippen LogP contribution < -0.4 is 10.1 Å². The van der Waals surface area contributed by atoms with Gasteiger partial charge in [0.25, 0.3) is 0 Å². The zero-order valence-electron chi connectivity index (χ0n) is 16.8. The van der Waals surface area contributed by atoms with Gasteiger partial charge >= 0.3 is 18.0 Å². The van der Waals surface area contributed by atoms with E-state index < -0.39 is 12.1 Å². The summed E-state index contributed by atoms with van der Waals surface area (Å²) in [5.74, 6) is -0.213. The quantitative estimate of drug-likeness (QED) is 0.432. The summed E-state index contributed by atoms with van der Waals surface area (Å²) >= 11 is 0. The van der Waals surface area contributed by atoms with Crippen molar-refractivity contribution in [3.63, 3.8) is 0 Å². The van der Waals surface area contributed by atoms with Crippen molar-refractivity contribution in [3.05, 3.63) is 33.9 Å². The fourth-order valence-electron chi connectivity index (χ4n) is 3.12. The van der Waals surface area contributed by atoms with Crippen molar-refractivity contribution in [3.8, 4) is 5.75 Å². The summed E-state index contributed by atoms with van der Waals surface area (Å²) < 4.78 is 20.1. The number of fused-ring (bicyclic) bond motifs is 1. The fourth-order valence-corrected chi connectivity index (χ4v) is 3.12. The first kappa shape index (κ1) is 21.3. The molecule has 28 heavy (non-hydrogen) atoms. The van der Waals surface area contributed by atoms with E-state index in [1.165, 1.54) is 21.3 Å². The van der Waals surface area contributed by atoms with Gasteiger partial charge in [0.2, 0.25) is 0 Å². The third kappa shape index (κ3) is 4.44. The topological polar surface area (TPSA) is 100 Å². The van der Waals surface area contributed by atoms with Gasteiger partial charge in [-0.1, -0.05) is 11.6 Å². The Balaban J connectivity index is 2.47. The van der Waals surface area contributed by atoms with Gasteiger partial charge in [0.05, 0.1) is 32.6 Å². The van der Waals surface area contributed by atoms with Crippen LogP contribution in [0.4, 0.5) is 10.5 Å². The monoisotopic (exact) mass is 391 g/mol. The van der Waals surface area contributed by atoms with Crippen molar-refractivity contribution < 1.29 is 33.3 Å². The first-order valence-corrected chi connectivity index (χ1v) is 8.80. The zero-order chi connectivity index (χ0) is 20.8. The van der Waals surface area contributed by atoms with Crippen LogP contribution in [0.25, 0.3) is 0 Å².